The van der Waals surface area contributed by atoms with Gasteiger partial charge >= 0.3 is 0 Å². The highest BCUT2D eigenvalue weighted by Gasteiger charge is 2.08. The van der Waals surface area contributed by atoms with Crippen LogP contribution < -0.4 is 5.32 Å². The van der Waals surface area contributed by atoms with Crippen molar-refractivity contribution in [1.82, 2.24) is 24.5 Å². The molecule has 0 bridgehead atoms. The van der Waals surface area contributed by atoms with E-state index >= 15 is 0 Å². The maximum atomic E-state index is 12.9. The molecule has 0 atom stereocenters. The highest BCUT2D eigenvalue weighted by atomic mass is 79.9. The lowest BCUT2D eigenvalue weighted by atomic mass is 10.2. The van der Waals surface area contributed by atoms with Crippen molar-refractivity contribution in [2.75, 3.05) is 5.32 Å². The fourth-order valence-electron chi connectivity index (χ4n) is 1.94. The maximum absolute atomic E-state index is 12.9. The normalized spacial score (nSPS) is 10.7. The number of benzene rings is 1. The molecule has 1 aromatic carbocycles. The quantitative estimate of drug-likeness (QED) is 0.736. The summed E-state index contributed by atoms with van der Waals surface area (Å²) in [5.74, 6) is -0.353. The SMILES string of the molecule is O=C(Cn1cc(Br)cn1)Nc1ncn(Cc2ccc(F)cc2)n1. The smallest absolute Gasteiger partial charge is 0.248 e. The van der Waals surface area contributed by atoms with Gasteiger partial charge in [-0.2, -0.15) is 5.10 Å². The van der Waals surface area contributed by atoms with Gasteiger partial charge in [-0.1, -0.05) is 12.1 Å². The van der Waals surface area contributed by atoms with Crippen molar-refractivity contribution in [2.45, 2.75) is 13.1 Å². The number of amides is 1. The third-order valence-corrected chi connectivity index (χ3v) is 3.36. The zero-order valence-corrected chi connectivity index (χ0v) is 13.4. The number of rotatable bonds is 5. The van der Waals surface area contributed by atoms with Crippen molar-refractivity contribution >= 4 is 27.8 Å². The summed E-state index contributed by atoms with van der Waals surface area (Å²) in [6.45, 7) is 0.507. The number of halogens is 2. The van der Waals surface area contributed by atoms with Crippen molar-refractivity contribution in [3.63, 3.8) is 0 Å². The maximum Gasteiger partial charge on any atom is 0.248 e. The van der Waals surface area contributed by atoms with E-state index in [1.807, 2.05) is 0 Å². The largest absolute Gasteiger partial charge is 0.292 e. The Hall–Kier alpha value is -2.55. The number of carbonyl (C=O) groups excluding carboxylic acids is 1. The van der Waals surface area contributed by atoms with Gasteiger partial charge in [-0.05, 0) is 33.6 Å². The Balaban J connectivity index is 1.58. The Bertz CT molecular complexity index is 813. The van der Waals surface area contributed by atoms with Crippen LogP contribution >= 0.6 is 15.9 Å². The van der Waals surface area contributed by atoms with Crippen LogP contribution in [0.25, 0.3) is 0 Å². The molecule has 0 spiro atoms. The van der Waals surface area contributed by atoms with Crippen LogP contribution in [0.2, 0.25) is 0 Å². The van der Waals surface area contributed by atoms with E-state index in [1.165, 1.54) is 23.1 Å². The molecular weight excluding hydrogens is 367 g/mol. The highest BCUT2D eigenvalue weighted by Crippen LogP contribution is 2.07. The molecule has 0 saturated heterocycles. The van der Waals surface area contributed by atoms with Gasteiger partial charge in [0.15, 0.2) is 0 Å². The van der Waals surface area contributed by atoms with Gasteiger partial charge in [0.1, 0.15) is 18.7 Å². The number of nitrogens with one attached hydrogen (secondary N) is 1. The molecule has 9 heteroatoms. The van der Waals surface area contributed by atoms with E-state index in [0.717, 1.165) is 10.0 Å². The zero-order valence-electron chi connectivity index (χ0n) is 11.9. The Labute approximate surface area is 139 Å². The van der Waals surface area contributed by atoms with Gasteiger partial charge in [0.25, 0.3) is 0 Å². The standard InChI is InChI=1S/C14H12BrFN6O/c15-11-5-18-21(7-11)8-13(23)19-14-17-9-22(20-14)6-10-1-3-12(16)4-2-10/h1-5,7,9H,6,8H2,(H,19,20,23). The first-order valence-corrected chi connectivity index (χ1v) is 7.49. The van der Waals surface area contributed by atoms with Gasteiger partial charge in [-0.25, -0.2) is 14.1 Å². The van der Waals surface area contributed by atoms with Crippen molar-refractivity contribution in [2.24, 2.45) is 0 Å². The molecule has 23 heavy (non-hydrogen) atoms. The number of hydrogen-bond acceptors (Lipinski definition) is 4. The van der Waals surface area contributed by atoms with Crippen molar-refractivity contribution in [3.8, 4) is 0 Å². The summed E-state index contributed by atoms with van der Waals surface area (Å²) in [6.07, 6.45) is 4.80. The fraction of sp³-hybridized carbons (Fsp3) is 0.143. The van der Waals surface area contributed by atoms with E-state index in [-0.39, 0.29) is 24.2 Å². The van der Waals surface area contributed by atoms with Gasteiger partial charge in [0, 0.05) is 6.20 Å². The van der Waals surface area contributed by atoms with Crippen molar-refractivity contribution in [1.29, 1.82) is 0 Å². The van der Waals surface area contributed by atoms with Crippen LogP contribution in [0.5, 0.6) is 0 Å². The Morgan fingerprint density at radius 1 is 1.26 bits per heavy atom. The van der Waals surface area contributed by atoms with E-state index in [4.69, 9.17) is 0 Å². The average molecular weight is 379 g/mol. The summed E-state index contributed by atoms with van der Waals surface area (Å²) in [4.78, 5) is 15.9. The minimum atomic E-state index is -0.287. The van der Waals surface area contributed by atoms with Gasteiger partial charge in [-0.3, -0.25) is 14.8 Å². The number of anilines is 1. The molecule has 1 amide bonds. The first kappa shape index (κ1) is 15.3. The van der Waals surface area contributed by atoms with E-state index < -0.39 is 0 Å². The third kappa shape index (κ3) is 4.22. The Morgan fingerprint density at radius 3 is 2.74 bits per heavy atom. The van der Waals surface area contributed by atoms with Crippen LogP contribution in [-0.4, -0.2) is 30.5 Å². The van der Waals surface area contributed by atoms with Crippen LogP contribution in [-0.2, 0) is 17.9 Å². The van der Waals surface area contributed by atoms with Crippen molar-refractivity contribution < 1.29 is 9.18 Å². The Kier molecular flexibility index (Phi) is 4.47. The lowest BCUT2D eigenvalue weighted by molar-refractivity contribution is -0.116. The van der Waals surface area contributed by atoms with Crippen LogP contribution in [0, 0.1) is 5.82 Å². The van der Waals surface area contributed by atoms with Gasteiger partial charge in [0.2, 0.25) is 11.9 Å². The zero-order chi connectivity index (χ0) is 16.2. The fourth-order valence-corrected chi connectivity index (χ4v) is 2.27. The van der Waals surface area contributed by atoms with E-state index in [1.54, 1.807) is 29.2 Å². The highest BCUT2D eigenvalue weighted by molar-refractivity contribution is 9.10. The van der Waals surface area contributed by atoms with Crippen LogP contribution in [0.3, 0.4) is 0 Å². The minimum Gasteiger partial charge on any atom is -0.292 e. The molecule has 3 aromatic rings. The summed E-state index contributed by atoms with van der Waals surface area (Å²) in [5.41, 5.74) is 0.885. The molecule has 118 valence electrons. The number of nitrogens with zero attached hydrogens (tertiary/aromatic N) is 5. The monoisotopic (exact) mass is 378 g/mol. The Morgan fingerprint density at radius 2 is 2.04 bits per heavy atom. The molecule has 0 aliphatic heterocycles. The second-order valence-corrected chi connectivity index (χ2v) is 5.71. The molecule has 7 nitrogen and oxygen atoms in total. The first-order valence-electron chi connectivity index (χ1n) is 6.70. The molecule has 3 rings (SSSR count). The summed E-state index contributed by atoms with van der Waals surface area (Å²) in [7, 11) is 0. The van der Waals surface area contributed by atoms with E-state index in [2.05, 4.69) is 36.4 Å². The molecule has 0 fully saturated rings. The topological polar surface area (TPSA) is 77.6 Å². The molecular formula is C14H12BrFN6O. The lowest BCUT2D eigenvalue weighted by Crippen LogP contribution is -2.19. The molecule has 0 aliphatic carbocycles. The van der Waals surface area contributed by atoms with Crippen LogP contribution in [0.4, 0.5) is 10.3 Å². The minimum absolute atomic E-state index is 0.0676. The predicted octanol–water partition coefficient (Wildman–Crippen LogP) is 2.06. The number of hydrogen-bond donors (Lipinski definition) is 1. The predicted molar refractivity (Wildman–Crippen MR) is 84.1 cm³/mol. The second-order valence-electron chi connectivity index (χ2n) is 4.80. The third-order valence-electron chi connectivity index (χ3n) is 2.95. The summed E-state index contributed by atoms with van der Waals surface area (Å²) in [6, 6.07) is 6.12. The van der Waals surface area contributed by atoms with Gasteiger partial charge < -0.3 is 0 Å². The lowest BCUT2D eigenvalue weighted by Gasteiger charge is -2.02. The summed E-state index contributed by atoms with van der Waals surface area (Å²) in [5, 5.41) is 10.8. The first-order chi connectivity index (χ1) is 11.1. The van der Waals surface area contributed by atoms with Gasteiger partial charge in [-0.15, -0.1) is 5.10 Å². The molecule has 0 radical (unpaired) electrons. The number of aromatic nitrogens is 5. The van der Waals surface area contributed by atoms with Crippen LogP contribution in [0.15, 0.2) is 47.5 Å². The van der Waals surface area contributed by atoms with E-state index in [9.17, 15) is 9.18 Å². The molecule has 1 N–H and O–H groups in total. The molecule has 0 saturated carbocycles. The summed E-state index contributed by atoms with van der Waals surface area (Å²) >= 11 is 3.26. The molecule has 2 aromatic heterocycles. The molecule has 0 unspecified atom stereocenters. The average Bonchev–Trinajstić information content (AvgIpc) is 3.11. The molecule has 2 heterocycles. The van der Waals surface area contributed by atoms with Gasteiger partial charge in [0.05, 0.1) is 17.2 Å². The van der Waals surface area contributed by atoms with Crippen LogP contribution in [0.1, 0.15) is 5.56 Å². The second kappa shape index (κ2) is 6.69. The van der Waals surface area contributed by atoms with E-state index in [0.29, 0.717) is 6.54 Å². The summed E-state index contributed by atoms with van der Waals surface area (Å²) < 4.78 is 16.7. The number of carbonyl (C=O) groups is 1. The van der Waals surface area contributed by atoms with Crippen molar-refractivity contribution in [3.05, 3.63) is 58.8 Å². The molecule has 0 aliphatic rings.